The van der Waals surface area contributed by atoms with Crippen LogP contribution in [0.3, 0.4) is 0 Å². The van der Waals surface area contributed by atoms with Crippen LogP contribution in [0.1, 0.15) is 378 Å². The Labute approximate surface area is 664 Å². The van der Waals surface area contributed by atoms with Crippen LogP contribution >= 0.6 is 0 Å². The molecule has 6 unspecified atom stereocenters. The lowest BCUT2D eigenvalue weighted by Crippen LogP contribution is -2.34. The first-order valence-electron chi connectivity index (χ1n) is 37.5. The Morgan fingerprint density at radius 2 is 0.547 bits per heavy atom. The quantitative estimate of drug-likeness (QED) is 0.0511. The zero-order valence-corrected chi connectivity index (χ0v) is 70.1. The van der Waals surface area contributed by atoms with E-state index in [-0.39, 0.29) is 138 Å². The fourth-order valence-electron chi connectivity index (χ4n) is 6.11. The van der Waals surface area contributed by atoms with E-state index in [0.29, 0.717) is 47.3 Å². The molecule has 0 saturated heterocycles. The van der Waals surface area contributed by atoms with Gasteiger partial charge >= 0.3 is 0 Å². The van der Waals surface area contributed by atoms with Crippen LogP contribution in [0.5, 0.6) is 0 Å². The average molecular weight is 1530 g/mol. The van der Waals surface area contributed by atoms with Gasteiger partial charge in [0.05, 0.1) is 60.5 Å². The molecule has 0 bridgehead atoms. The van der Waals surface area contributed by atoms with Crippen LogP contribution in [0.4, 0.5) is 8.78 Å². The van der Waals surface area contributed by atoms with E-state index in [1.165, 1.54) is 36.0 Å². The summed E-state index contributed by atoms with van der Waals surface area (Å²) in [5.74, 6) is 1.92. The minimum atomic E-state index is -2.96. The molecule has 1 aliphatic rings. The standard InChI is InChI=1S/3C11H16O.C7H14O.C7H16O.C6H12F2O.2C6H14O.3C5H12O.C5H12.8CH4/c3*1-8(2)11(12)10-6-4-9(3)5-7-10;1-5(2)7(8)6-3-4-6;1-4-5-7(8)6(2)3;1-4(2)5(9)6(3,7)8;1-5(2)6(3,4)7;1-4-6(7)5(2)3;3*1-4(2)5(3)6;1-4-5(2)3;;;;;;;;/h3*4-8,11-12H,1-3H3;5-8H,3-4H2,1-2H3;6-8H,4-5H2,1-3H3;4-5,9H,1-3H3;5,7H,1-4H3;5-7H,4H2,1-3H3;3*4-6H,1-3H3;5H,4H2,1-3H3;8*1H4/t2*11-;;;;;;;2*5-;;;;;;;;;;/m10......10........../s1. The topological polar surface area (TPSA) is 223 Å². The second kappa shape index (κ2) is 80.1. The molecule has 1 saturated carbocycles. The van der Waals surface area contributed by atoms with Crippen molar-refractivity contribution >= 4 is 0 Å². The van der Waals surface area contributed by atoms with Crippen molar-refractivity contribution in [3.8, 4) is 0 Å². The van der Waals surface area contributed by atoms with E-state index >= 15 is 0 Å². The van der Waals surface area contributed by atoms with Gasteiger partial charge in [-0.05, 0) is 175 Å². The second-order valence-electron chi connectivity index (χ2n) is 31.9. The van der Waals surface area contributed by atoms with Crippen molar-refractivity contribution in [2.75, 3.05) is 0 Å². The summed E-state index contributed by atoms with van der Waals surface area (Å²) in [5.41, 5.74) is 6.22. The van der Waals surface area contributed by atoms with Crippen molar-refractivity contribution in [1.82, 2.24) is 0 Å². The molecule has 13 heteroatoms. The molecule has 1 fully saturated rings. The lowest BCUT2D eigenvalue weighted by atomic mass is 9.95. The summed E-state index contributed by atoms with van der Waals surface area (Å²) in [5, 5.41) is 100. The normalized spacial score (nSPS) is 13.8. The molecule has 3 aromatic rings. The Bertz CT molecular complexity index is 1940. The SMILES string of the molecule is C.C.C.C.C.C.C.C.CC(C)C(C)(C)O.CC(C)C(C)O.CC(C)C(O)C(C)(F)F.CC(C)C(O)C1CC1.CC(C)[C@@H](C)O.CC(C)[C@H](C)O.CCC(C)C.CCC(O)C(C)C.CCCC(O)C(C)C.Cc1ccc(C(O)C(C)C)cc1.Cc1ccc([C@@H](O)C(C)C)cc1.Cc1ccc([C@H](O)C(C)C)cc1. The molecule has 0 heterocycles. The number of alkyl halides is 2. The molecule has 1 aliphatic carbocycles. The molecule has 0 aliphatic heterocycles. The number of aliphatic hydroxyl groups is 11. The van der Waals surface area contributed by atoms with Crippen LogP contribution in [0, 0.1) is 97.7 Å². The first-order valence-corrected chi connectivity index (χ1v) is 37.5. The van der Waals surface area contributed by atoms with Gasteiger partial charge in [-0.25, -0.2) is 8.78 Å². The lowest BCUT2D eigenvalue weighted by molar-refractivity contribution is -0.112. The van der Waals surface area contributed by atoms with Gasteiger partial charge in [0.25, 0.3) is 5.92 Å². The van der Waals surface area contributed by atoms with Crippen LogP contribution in [0.2, 0.25) is 0 Å². The highest BCUT2D eigenvalue weighted by molar-refractivity contribution is 5.25. The molecular weight excluding hydrogens is 1330 g/mol. The van der Waals surface area contributed by atoms with Gasteiger partial charge in [0.15, 0.2) is 0 Å². The van der Waals surface area contributed by atoms with E-state index in [9.17, 15) is 29.2 Å². The molecule has 0 amide bonds. The van der Waals surface area contributed by atoms with E-state index in [0.717, 1.165) is 48.8 Å². The predicted octanol–water partition coefficient (Wildman–Crippen LogP) is 26.0. The number of hydrogen-bond acceptors (Lipinski definition) is 11. The molecule has 10 atom stereocenters. The first kappa shape index (κ1) is 142. The molecule has 0 aromatic heterocycles. The van der Waals surface area contributed by atoms with E-state index in [2.05, 4.69) is 41.5 Å². The Balaban J connectivity index is -0.0000000597. The van der Waals surface area contributed by atoms with Gasteiger partial charge in [0.2, 0.25) is 0 Å². The minimum Gasteiger partial charge on any atom is -0.393 e. The Morgan fingerprint density at radius 1 is 0.340 bits per heavy atom. The summed E-state index contributed by atoms with van der Waals surface area (Å²) in [6.07, 6.45) is 3.56. The van der Waals surface area contributed by atoms with Crippen LogP contribution in [0.15, 0.2) is 72.8 Å². The zero-order chi connectivity index (χ0) is 79.5. The Kier molecular flexibility index (Phi) is 107. The predicted molar refractivity (Wildman–Crippen MR) is 475 cm³/mol. The zero-order valence-electron chi connectivity index (χ0n) is 70.1. The van der Waals surface area contributed by atoms with Crippen LogP contribution in [-0.4, -0.2) is 110 Å². The number of aliphatic hydroxyl groups excluding tert-OH is 10. The Morgan fingerprint density at radius 3 is 0.613 bits per heavy atom. The smallest absolute Gasteiger partial charge is 0.270 e. The first-order chi connectivity index (χ1) is 44.4. The lowest BCUT2D eigenvalue weighted by Gasteiger charge is -2.21. The van der Waals surface area contributed by atoms with Crippen molar-refractivity contribution in [2.45, 2.75) is 420 Å². The van der Waals surface area contributed by atoms with E-state index < -0.39 is 17.6 Å². The third kappa shape index (κ3) is 91.7. The molecular formula is C93H198F2O11. The summed E-state index contributed by atoms with van der Waals surface area (Å²) in [7, 11) is 0. The third-order valence-electron chi connectivity index (χ3n) is 16.8. The van der Waals surface area contributed by atoms with Gasteiger partial charge in [-0.3, -0.25) is 0 Å². The summed E-state index contributed by atoms with van der Waals surface area (Å²) in [6, 6.07) is 24.1. The Hall–Kier alpha value is -2.92. The molecule has 11 N–H and O–H groups in total. The van der Waals surface area contributed by atoms with Crippen molar-refractivity contribution in [1.29, 1.82) is 0 Å². The largest absolute Gasteiger partial charge is 0.393 e. The fraction of sp³-hybridized carbons (Fsp3) is 0.806. The highest BCUT2D eigenvalue weighted by Gasteiger charge is 2.34. The van der Waals surface area contributed by atoms with E-state index in [4.69, 9.17) is 35.7 Å². The van der Waals surface area contributed by atoms with Crippen LogP contribution in [-0.2, 0) is 0 Å². The molecule has 3 aromatic carbocycles. The van der Waals surface area contributed by atoms with Gasteiger partial charge < -0.3 is 56.2 Å². The molecule has 11 nitrogen and oxygen atoms in total. The van der Waals surface area contributed by atoms with Crippen molar-refractivity contribution < 1.29 is 65.0 Å². The summed E-state index contributed by atoms with van der Waals surface area (Å²) < 4.78 is 24.2. The summed E-state index contributed by atoms with van der Waals surface area (Å²) in [6.45, 7) is 70.1. The summed E-state index contributed by atoms with van der Waals surface area (Å²) >= 11 is 0. The van der Waals surface area contributed by atoms with Gasteiger partial charge in [-0.2, -0.15) is 0 Å². The highest BCUT2D eigenvalue weighted by Crippen LogP contribution is 2.35. The highest BCUT2D eigenvalue weighted by atomic mass is 19.3. The van der Waals surface area contributed by atoms with Crippen molar-refractivity contribution in [3.05, 3.63) is 106 Å². The number of hydrogen-bond donors (Lipinski definition) is 11. The molecule has 4 rings (SSSR count). The maximum atomic E-state index is 12.1. The van der Waals surface area contributed by atoms with E-state index in [1.807, 2.05) is 239 Å². The third-order valence-corrected chi connectivity index (χ3v) is 16.8. The van der Waals surface area contributed by atoms with Crippen molar-refractivity contribution in [3.63, 3.8) is 0 Å². The number of halogens is 2. The van der Waals surface area contributed by atoms with Gasteiger partial charge in [-0.1, -0.05) is 349 Å². The van der Waals surface area contributed by atoms with Gasteiger partial charge in [0, 0.05) is 6.92 Å². The molecule has 106 heavy (non-hydrogen) atoms. The second-order valence-corrected chi connectivity index (χ2v) is 31.9. The molecule has 0 radical (unpaired) electrons. The number of benzene rings is 3. The van der Waals surface area contributed by atoms with Gasteiger partial charge in [-0.15, -0.1) is 0 Å². The maximum absolute atomic E-state index is 12.1. The van der Waals surface area contributed by atoms with Crippen LogP contribution < -0.4 is 0 Å². The fourth-order valence-corrected chi connectivity index (χ4v) is 6.11. The number of rotatable bonds is 20. The molecule has 650 valence electrons. The van der Waals surface area contributed by atoms with Crippen LogP contribution in [0.25, 0.3) is 0 Å². The maximum Gasteiger partial charge on any atom is 0.270 e. The van der Waals surface area contributed by atoms with Crippen molar-refractivity contribution in [2.24, 2.45) is 76.9 Å². The summed E-state index contributed by atoms with van der Waals surface area (Å²) in [4.78, 5) is 0. The monoisotopic (exact) mass is 1530 g/mol. The number of aryl methyl sites for hydroxylation is 3. The van der Waals surface area contributed by atoms with Gasteiger partial charge in [0.1, 0.15) is 6.10 Å². The molecule has 0 spiro atoms. The average Bonchev–Trinajstić information content (AvgIpc) is 1.51. The minimum absolute atomic E-state index is 0. The van der Waals surface area contributed by atoms with E-state index in [1.54, 1.807) is 34.6 Å².